The van der Waals surface area contributed by atoms with E-state index in [2.05, 4.69) is 4.40 Å². The van der Waals surface area contributed by atoms with Crippen LogP contribution < -0.4 is 0 Å². The molecular formula is C37H34N2O6S2. The highest BCUT2D eigenvalue weighted by molar-refractivity contribution is 7.91. The van der Waals surface area contributed by atoms with Crippen LogP contribution >= 0.6 is 0 Å². The van der Waals surface area contributed by atoms with Crippen molar-refractivity contribution in [3.8, 4) is 0 Å². The van der Waals surface area contributed by atoms with Gasteiger partial charge in [-0.1, -0.05) is 96.1 Å². The standard InChI is InChI=1S/C37H34N2O6S2/c1-4-45-37(40)35-34(28-13-9-6-10-14-28)32-23-31(27-11-7-5-8-12-27)33(32)24-39(47(43,44)30-21-17-26(3)18-22-30)36(35)38-46(41,42)29-19-15-25(2)16-20-29/h5-22,35H,4,23-24H2,1-3H3/b38-36+/t35-/m0/s1. The Morgan fingerprint density at radius 1 is 0.723 bits per heavy atom. The summed E-state index contributed by atoms with van der Waals surface area (Å²) in [5.41, 5.74) is 6.07. The highest BCUT2D eigenvalue weighted by atomic mass is 32.2. The highest BCUT2D eigenvalue weighted by Crippen LogP contribution is 2.50. The average molecular weight is 667 g/mol. The maximum atomic E-state index is 14.7. The normalized spacial score (nSPS) is 17.6. The Morgan fingerprint density at radius 3 is 1.81 bits per heavy atom. The molecule has 1 atom stereocenters. The Balaban J connectivity index is 1.70. The number of ether oxygens (including phenoxy) is 1. The monoisotopic (exact) mass is 666 g/mol. The zero-order valence-electron chi connectivity index (χ0n) is 26.3. The lowest BCUT2D eigenvalue weighted by Crippen LogP contribution is -2.44. The van der Waals surface area contributed by atoms with Gasteiger partial charge in [0.2, 0.25) is 0 Å². The zero-order chi connectivity index (χ0) is 33.3. The molecule has 4 aromatic rings. The van der Waals surface area contributed by atoms with E-state index in [0.29, 0.717) is 23.1 Å². The Kier molecular flexibility index (Phi) is 8.74. The number of aryl methyl sites for hydroxylation is 2. The van der Waals surface area contributed by atoms with Gasteiger partial charge in [-0.05, 0) is 84.9 Å². The minimum absolute atomic E-state index is 0.00655. The predicted octanol–water partition coefficient (Wildman–Crippen LogP) is 6.59. The fraction of sp³-hybridized carbons (Fsp3) is 0.189. The summed E-state index contributed by atoms with van der Waals surface area (Å²) in [6.07, 6.45) is 0.440. The zero-order valence-corrected chi connectivity index (χ0v) is 27.9. The van der Waals surface area contributed by atoms with Crippen molar-refractivity contribution in [3.05, 3.63) is 143 Å². The van der Waals surface area contributed by atoms with Gasteiger partial charge in [0.1, 0.15) is 5.92 Å². The van der Waals surface area contributed by atoms with Gasteiger partial charge in [-0.15, -0.1) is 4.40 Å². The number of esters is 1. The Bertz CT molecular complexity index is 2140. The average Bonchev–Trinajstić information content (AvgIpc) is 3.15. The van der Waals surface area contributed by atoms with Gasteiger partial charge >= 0.3 is 5.97 Å². The molecule has 47 heavy (non-hydrogen) atoms. The molecule has 0 bridgehead atoms. The van der Waals surface area contributed by atoms with Crippen LogP contribution in [0.15, 0.2) is 135 Å². The van der Waals surface area contributed by atoms with Crippen molar-refractivity contribution in [2.24, 2.45) is 10.3 Å². The molecule has 0 amide bonds. The van der Waals surface area contributed by atoms with E-state index < -0.39 is 37.8 Å². The first-order valence-corrected chi connectivity index (χ1v) is 18.1. The van der Waals surface area contributed by atoms with Crippen LogP contribution in [0.2, 0.25) is 0 Å². The summed E-state index contributed by atoms with van der Waals surface area (Å²) in [6.45, 7) is 5.07. The van der Waals surface area contributed by atoms with E-state index in [1.807, 2.05) is 74.5 Å². The largest absolute Gasteiger partial charge is 0.465 e. The van der Waals surface area contributed by atoms with Crippen molar-refractivity contribution in [2.75, 3.05) is 13.2 Å². The second kappa shape index (κ2) is 12.8. The summed E-state index contributed by atoms with van der Waals surface area (Å²) in [7, 11) is -8.96. The van der Waals surface area contributed by atoms with Gasteiger partial charge in [-0.25, -0.2) is 12.7 Å². The summed E-state index contributed by atoms with van der Waals surface area (Å²) in [5.74, 6) is -2.71. The molecule has 0 saturated heterocycles. The number of carbonyl (C=O) groups is 1. The van der Waals surface area contributed by atoms with Gasteiger partial charge < -0.3 is 4.74 Å². The number of hydrogen-bond acceptors (Lipinski definition) is 6. The lowest BCUT2D eigenvalue weighted by molar-refractivity contribution is -0.144. The van der Waals surface area contributed by atoms with Crippen molar-refractivity contribution in [1.29, 1.82) is 0 Å². The van der Waals surface area contributed by atoms with E-state index in [1.54, 1.807) is 31.2 Å². The van der Waals surface area contributed by atoms with Crippen LogP contribution in [0.25, 0.3) is 11.1 Å². The summed E-state index contributed by atoms with van der Waals surface area (Å²) < 4.78 is 68.2. The topological polar surface area (TPSA) is 110 Å². The third-order valence-electron chi connectivity index (χ3n) is 8.38. The minimum atomic E-state index is -4.51. The molecule has 240 valence electrons. The van der Waals surface area contributed by atoms with Gasteiger partial charge in [0, 0.05) is 0 Å². The summed E-state index contributed by atoms with van der Waals surface area (Å²) in [5, 5.41) is 0. The van der Waals surface area contributed by atoms with Gasteiger partial charge in [0.15, 0.2) is 5.84 Å². The molecular weight excluding hydrogens is 633 g/mol. The van der Waals surface area contributed by atoms with Crippen LogP contribution in [0, 0.1) is 19.8 Å². The molecule has 0 spiro atoms. The van der Waals surface area contributed by atoms with Crippen LogP contribution in [-0.4, -0.2) is 46.1 Å². The third kappa shape index (κ3) is 6.18. The first kappa shape index (κ1) is 32.2. The number of nitrogens with zero attached hydrogens (tertiary/aromatic N) is 2. The molecule has 2 aliphatic rings. The van der Waals surface area contributed by atoms with Crippen LogP contribution in [0.5, 0.6) is 0 Å². The fourth-order valence-electron chi connectivity index (χ4n) is 5.94. The molecule has 8 nitrogen and oxygen atoms in total. The lowest BCUT2D eigenvalue weighted by Gasteiger charge is -2.31. The van der Waals surface area contributed by atoms with E-state index in [0.717, 1.165) is 32.1 Å². The number of fused-ring (bicyclic) bond motifs is 1. The first-order chi connectivity index (χ1) is 22.5. The second-order valence-electron chi connectivity index (χ2n) is 11.5. The number of carbonyl (C=O) groups excluding carboxylic acids is 1. The summed E-state index contributed by atoms with van der Waals surface area (Å²) in [6, 6.07) is 31.1. The van der Waals surface area contributed by atoms with E-state index >= 15 is 0 Å². The lowest BCUT2D eigenvalue weighted by atomic mass is 9.73. The number of amidine groups is 1. The third-order valence-corrected chi connectivity index (χ3v) is 11.4. The van der Waals surface area contributed by atoms with Crippen molar-refractivity contribution >= 4 is 43.0 Å². The minimum Gasteiger partial charge on any atom is -0.465 e. The van der Waals surface area contributed by atoms with Crippen LogP contribution in [0.1, 0.15) is 35.6 Å². The summed E-state index contributed by atoms with van der Waals surface area (Å²) >= 11 is 0. The van der Waals surface area contributed by atoms with Crippen LogP contribution in [0.3, 0.4) is 0 Å². The smallest absolute Gasteiger partial charge is 0.321 e. The van der Waals surface area contributed by atoms with Gasteiger partial charge in [0.25, 0.3) is 20.0 Å². The highest BCUT2D eigenvalue weighted by Gasteiger charge is 2.47. The number of rotatable bonds is 8. The van der Waals surface area contributed by atoms with Crippen molar-refractivity contribution in [1.82, 2.24) is 4.31 Å². The van der Waals surface area contributed by atoms with Crippen LogP contribution in [-0.2, 0) is 29.6 Å². The van der Waals surface area contributed by atoms with Crippen molar-refractivity contribution in [2.45, 2.75) is 37.0 Å². The molecule has 0 unspecified atom stereocenters. The molecule has 0 radical (unpaired) electrons. The second-order valence-corrected chi connectivity index (χ2v) is 15.0. The molecule has 10 heteroatoms. The fourth-order valence-corrected chi connectivity index (χ4v) is 8.45. The van der Waals surface area contributed by atoms with E-state index in [4.69, 9.17) is 4.74 Å². The molecule has 1 aliphatic carbocycles. The number of benzene rings is 4. The van der Waals surface area contributed by atoms with Gasteiger partial charge in [0.05, 0.1) is 22.9 Å². The first-order valence-electron chi connectivity index (χ1n) is 15.2. The molecule has 1 heterocycles. The quantitative estimate of drug-likeness (QED) is 0.197. The Morgan fingerprint density at radius 2 is 1.26 bits per heavy atom. The molecule has 1 aliphatic heterocycles. The molecule has 0 saturated carbocycles. The molecule has 6 rings (SSSR count). The van der Waals surface area contributed by atoms with Gasteiger partial charge in [-0.2, -0.15) is 8.42 Å². The predicted molar refractivity (Wildman–Crippen MR) is 182 cm³/mol. The SMILES string of the molecule is CCOC(=O)[C@H]1C(c2ccccc2)=C2CC(c3ccccc3)=C2CN(S(=O)(=O)c2ccc(C)cc2)/C1=N/S(=O)(=O)c1ccc(C)cc1. The Hall–Kier alpha value is -4.80. The van der Waals surface area contributed by atoms with E-state index in [1.165, 1.54) is 24.3 Å². The van der Waals surface area contributed by atoms with E-state index in [9.17, 15) is 21.6 Å². The van der Waals surface area contributed by atoms with E-state index in [-0.39, 0.29) is 22.9 Å². The summed E-state index contributed by atoms with van der Waals surface area (Å²) in [4.78, 5) is 13.9. The molecule has 0 fully saturated rings. The number of allylic oxidation sites excluding steroid dienone is 1. The number of hydrogen-bond donors (Lipinski definition) is 0. The number of sulfonamides is 2. The Labute approximate surface area is 275 Å². The van der Waals surface area contributed by atoms with Crippen molar-refractivity contribution < 1.29 is 26.4 Å². The molecule has 4 aromatic carbocycles. The maximum absolute atomic E-state index is 14.7. The molecule has 0 aromatic heterocycles. The van der Waals surface area contributed by atoms with Gasteiger partial charge in [-0.3, -0.25) is 4.79 Å². The maximum Gasteiger partial charge on any atom is 0.321 e. The van der Waals surface area contributed by atoms with Crippen molar-refractivity contribution in [3.63, 3.8) is 0 Å². The van der Waals surface area contributed by atoms with Crippen LogP contribution in [0.4, 0.5) is 0 Å². The molecule has 0 N–H and O–H groups in total.